The van der Waals surface area contributed by atoms with E-state index in [1.807, 2.05) is 19.9 Å². The standard InChI is InChI=1S/C13H18FN/c1-9-7-11(12(14)8-10(9)2)13(3)5-4-6-15-13/h7-8,15H,4-6H2,1-3H3. The molecule has 0 amide bonds. The minimum absolute atomic E-state index is 0.0741. The highest BCUT2D eigenvalue weighted by Gasteiger charge is 2.32. The van der Waals surface area contributed by atoms with Crippen LogP contribution in [0.1, 0.15) is 36.5 Å². The summed E-state index contributed by atoms with van der Waals surface area (Å²) in [6.07, 6.45) is 2.15. The number of aryl methyl sites for hydroxylation is 2. The van der Waals surface area contributed by atoms with Crippen LogP contribution in [0.25, 0.3) is 0 Å². The molecule has 1 atom stereocenters. The largest absolute Gasteiger partial charge is 0.308 e. The zero-order valence-electron chi connectivity index (χ0n) is 9.65. The maximum atomic E-state index is 13.9. The minimum Gasteiger partial charge on any atom is -0.308 e. The smallest absolute Gasteiger partial charge is 0.128 e. The van der Waals surface area contributed by atoms with Gasteiger partial charge in [-0.3, -0.25) is 0 Å². The lowest BCUT2D eigenvalue weighted by Crippen LogP contribution is -2.34. The predicted molar refractivity (Wildman–Crippen MR) is 60.5 cm³/mol. The lowest BCUT2D eigenvalue weighted by atomic mass is 9.88. The van der Waals surface area contributed by atoms with Gasteiger partial charge in [0.05, 0.1) is 0 Å². The monoisotopic (exact) mass is 207 g/mol. The second-order valence-electron chi connectivity index (χ2n) is 4.78. The van der Waals surface area contributed by atoms with Gasteiger partial charge in [0.15, 0.2) is 0 Å². The molecular weight excluding hydrogens is 189 g/mol. The van der Waals surface area contributed by atoms with Crippen LogP contribution in [0.2, 0.25) is 0 Å². The van der Waals surface area contributed by atoms with Gasteiger partial charge < -0.3 is 5.32 Å². The van der Waals surface area contributed by atoms with E-state index in [2.05, 4.69) is 12.2 Å². The van der Waals surface area contributed by atoms with Crippen LogP contribution in [0.5, 0.6) is 0 Å². The van der Waals surface area contributed by atoms with Gasteiger partial charge >= 0.3 is 0 Å². The van der Waals surface area contributed by atoms with Crippen molar-refractivity contribution in [1.82, 2.24) is 5.32 Å². The summed E-state index contributed by atoms with van der Waals surface area (Å²) in [5.41, 5.74) is 2.85. The van der Waals surface area contributed by atoms with E-state index in [-0.39, 0.29) is 11.4 Å². The summed E-state index contributed by atoms with van der Waals surface area (Å²) in [5.74, 6) is -0.0741. The Bertz CT molecular complexity index is 378. The van der Waals surface area contributed by atoms with Gasteiger partial charge in [-0.15, -0.1) is 0 Å². The van der Waals surface area contributed by atoms with Crippen molar-refractivity contribution in [3.05, 3.63) is 34.6 Å². The summed E-state index contributed by atoms with van der Waals surface area (Å²) in [7, 11) is 0. The number of benzene rings is 1. The molecule has 15 heavy (non-hydrogen) atoms. The Labute approximate surface area is 90.7 Å². The van der Waals surface area contributed by atoms with Crippen molar-refractivity contribution in [3.63, 3.8) is 0 Å². The van der Waals surface area contributed by atoms with E-state index in [1.54, 1.807) is 6.07 Å². The molecule has 0 aliphatic carbocycles. The second-order valence-corrected chi connectivity index (χ2v) is 4.78. The third-order valence-corrected chi connectivity index (χ3v) is 3.55. The first-order chi connectivity index (χ1) is 7.03. The van der Waals surface area contributed by atoms with E-state index in [0.29, 0.717) is 0 Å². The minimum atomic E-state index is -0.164. The second kappa shape index (κ2) is 3.60. The molecule has 82 valence electrons. The third-order valence-electron chi connectivity index (χ3n) is 3.55. The van der Waals surface area contributed by atoms with Crippen molar-refractivity contribution in [2.24, 2.45) is 0 Å². The van der Waals surface area contributed by atoms with E-state index in [0.717, 1.165) is 30.5 Å². The molecule has 1 nitrogen and oxygen atoms in total. The topological polar surface area (TPSA) is 12.0 Å². The molecule has 1 fully saturated rings. The fourth-order valence-electron chi connectivity index (χ4n) is 2.33. The van der Waals surface area contributed by atoms with Gasteiger partial charge in [0.1, 0.15) is 5.82 Å². The fraction of sp³-hybridized carbons (Fsp3) is 0.538. The maximum absolute atomic E-state index is 13.9. The fourth-order valence-corrected chi connectivity index (χ4v) is 2.33. The highest BCUT2D eigenvalue weighted by molar-refractivity contribution is 5.35. The Balaban J connectivity index is 2.48. The summed E-state index contributed by atoms with van der Waals surface area (Å²) < 4.78 is 13.9. The highest BCUT2D eigenvalue weighted by Crippen LogP contribution is 2.33. The van der Waals surface area contributed by atoms with Crippen LogP contribution < -0.4 is 5.32 Å². The first-order valence-corrected chi connectivity index (χ1v) is 5.55. The van der Waals surface area contributed by atoms with Gasteiger partial charge in [-0.1, -0.05) is 6.07 Å². The van der Waals surface area contributed by atoms with Crippen molar-refractivity contribution in [3.8, 4) is 0 Å². The summed E-state index contributed by atoms with van der Waals surface area (Å²) in [5, 5.41) is 3.40. The van der Waals surface area contributed by atoms with Gasteiger partial charge in [-0.2, -0.15) is 0 Å². The van der Waals surface area contributed by atoms with Gasteiger partial charge in [0.25, 0.3) is 0 Å². The molecule has 0 aromatic heterocycles. The molecule has 2 rings (SSSR count). The molecule has 0 saturated carbocycles. The number of nitrogens with one attached hydrogen (secondary N) is 1. The van der Waals surface area contributed by atoms with Crippen LogP contribution in [0.15, 0.2) is 12.1 Å². The van der Waals surface area contributed by atoms with Crippen LogP contribution in [0, 0.1) is 19.7 Å². The number of rotatable bonds is 1. The van der Waals surface area contributed by atoms with Crippen LogP contribution in [-0.2, 0) is 5.54 Å². The van der Waals surface area contributed by atoms with E-state index >= 15 is 0 Å². The molecule has 0 spiro atoms. The molecule has 0 radical (unpaired) electrons. The summed E-state index contributed by atoms with van der Waals surface area (Å²) in [6, 6.07) is 3.64. The lowest BCUT2D eigenvalue weighted by molar-refractivity contribution is 0.410. The molecule has 1 N–H and O–H groups in total. The molecule has 2 heteroatoms. The van der Waals surface area contributed by atoms with Crippen molar-refractivity contribution in [2.45, 2.75) is 39.2 Å². The maximum Gasteiger partial charge on any atom is 0.128 e. The molecule has 0 bridgehead atoms. The zero-order chi connectivity index (χ0) is 11.1. The Morgan fingerprint density at radius 1 is 1.27 bits per heavy atom. The Morgan fingerprint density at radius 3 is 2.53 bits per heavy atom. The molecule has 1 unspecified atom stereocenters. The Kier molecular flexibility index (Phi) is 2.55. The molecule has 1 aliphatic heterocycles. The van der Waals surface area contributed by atoms with Gasteiger partial charge in [0, 0.05) is 11.1 Å². The predicted octanol–water partition coefficient (Wildman–Crippen LogP) is 3.04. The van der Waals surface area contributed by atoms with Crippen molar-refractivity contribution < 1.29 is 4.39 Å². The van der Waals surface area contributed by atoms with E-state index in [9.17, 15) is 4.39 Å². The Morgan fingerprint density at radius 2 is 1.93 bits per heavy atom. The van der Waals surface area contributed by atoms with Crippen molar-refractivity contribution >= 4 is 0 Å². The van der Waals surface area contributed by atoms with Crippen LogP contribution in [0.4, 0.5) is 4.39 Å². The van der Waals surface area contributed by atoms with Gasteiger partial charge in [0.2, 0.25) is 0 Å². The number of hydrogen-bond acceptors (Lipinski definition) is 1. The lowest BCUT2D eigenvalue weighted by Gasteiger charge is -2.26. The third kappa shape index (κ3) is 1.78. The van der Waals surface area contributed by atoms with Crippen molar-refractivity contribution in [1.29, 1.82) is 0 Å². The normalized spacial score (nSPS) is 25.9. The summed E-state index contributed by atoms with van der Waals surface area (Å²) in [6.45, 7) is 7.07. The van der Waals surface area contributed by atoms with Crippen LogP contribution >= 0.6 is 0 Å². The molecule has 1 heterocycles. The summed E-state index contributed by atoms with van der Waals surface area (Å²) >= 11 is 0. The van der Waals surface area contributed by atoms with E-state index in [4.69, 9.17) is 0 Å². The van der Waals surface area contributed by atoms with Gasteiger partial charge in [-0.25, -0.2) is 4.39 Å². The molecule has 1 aromatic rings. The average molecular weight is 207 g/mol. The molecular formula is C13H18FN. The molecule has 1 aromatic carbocycles. The summed E-state index contributed by atoms with van der Waals surface area (Å²) in [4.78, 5) is 0. The van der Waals surface area contributed by atoms with Crippen LogP contribution in [-0.4, -0.2) is 6.54 Å². The SMILES string of the molecule is Cc1cc(F)c(C2(C)CCCN2)cc1C. The van der Waals surface area contributed by atoms with E-state index in [1.165, 1.54) is 5.56 Å². The van der Waals surface area contributed by atoms with Crippen molar-refractivity contribution in [2.75, 3.05) is 6.54 Å². The highest BCUT2D eigenvalue weighted by atomic mass is 19.1. The van der Waals surface area contributed by atoms with Crippen LogP contribution in [0.3, 0.4) is 0 Å². The molecule has 1 aliphatic rings. The number of halogens is 1. The quantitative estimate of drug-likeness (QED) is 0.746. The first-order valence-electron chi connectivity index (χ1n) is 5.55. The average Bonchev–Trinajstić information content (AvgIpc) is 2.60. The zero-order valence-corrected chi connectivity index (χ0v) is 9.65. The van der Waals surface area contributed by atoms with E-state index < -0.39 is 0 Å². The first kappa shape index (κ1) is 10.6. The Hall–Kier alpha value is -0.890. The number of hydrogen-bond donors (Lipinski definition) is 1. The molecule has 1 saturated heterocycles. The van der Waals surface area contributed by atoms with Gasteiger partial charge in [-0.05, 0) is 57.4 Å².